The molecule has 0 amide bonds. The number of carbonyl (C=O) groups is 1. The van der Waals surface area contributed by atoms with E-state index >= 15 is 0 Å². The van der Waals surface area contributed by atoms with Gasteiger partial charge in [0.2, 0.25) is 0 Å². The third kappa shape index (κ3) is 8.11. The van der Waals surface area contributed by atoms with Crippen LogP contribution in [0.4, 0.5) is 0 Å². The smallest absolute Gasteiger partial charge is 0.191 e. The molecule has 0 radical (unpaired) electrons. The van der Waals surface area contributed by atoms with Crippen LogP contribution in [0.25, 0.3) is 29.7 Å². The Balaban J connectivity index is 1.52. The highest BCUT2D eigenvalue weighted by Gasteiger charge is 2.49. The molecule has 1 aliphatic heterocycles. The van der Waals surface area contributed by atoms with Gasteiger partial charge >= 0.3 is 0 Å². The molecule has 258 valence electrons. The molecule has 1 aliphatic rings. The summed E-state index contributed by atoms with van der Waals surface area (Å²) >= 11 is 7.69. The average molecular weight is 726 g/mol. The Bertz CT molecular complexity index is 1590. The van der Waals surface area contributed by atoms with Crippen LogP contribution in [0.1, 0.15) is 150 Å². The zero-order chi connectivity index (χ0) is 33.6. The highest BCUT2D eigenvalue weighted by atomic mass is 32.1. The van der Waals surface area contributed by atoms with Crippen molar-refractivity contribution in [2.75, 3.05) is 0 Å². The van der Waals surface area contributed by atoms with Crippen LogP contribution in [0.2, 0.25) is 12.1 Å². The molecule has 5 rings (SSSR count). The maximum absolute atomic E-state index is 13.3. The summed E-state index contributed by atoms with van der Waals surface area (Å²) in [6.07, 6.45) is 18.5. The van der Waals surface area contributed by atoms with Crippen LogP contribution in [0, 0.1) is 25.7 Å². The molecule has 2 unspecified atom stereocenters. The predicted molar refractivity (Wildman–Crippen MR) is 217 cm³/mol. The van der Waals surface area contributed by atoms with Crippen molar-refractivity contribution in [1.82, 2.24) is 4.98 Å². The van der Waals surface area contributed by atoms with Crippen molar-refractivity contribution < 1.29 is 4.79 Å². The third-order valence-corrected chi connectivity index (χ3v) is 21.5. The Hall–Kier alpha value is -1.12. The molecule has 2 atom stereocenters. The fourth-order valence-corrected chi connectivity index (χ4v) is 20.9. The van der Waals surface area contributed by atoms with Crippen molar-refractivity contribution in [2.24, 2.45) is 11.8 Å². The van der Waals surface area contributed by atoms with E-state index in [9.17, 15) is 4.79 Å². The molecule has 0 aliphatic carbocycles. The van der Waals surface area contributed by atoms with E-state index < -0.39 is 8.07 Å². The van der Waals surface area contributed by atoms with E-state index in [4.69, 9.17) is 4.98 Å². The summed E-state index contributed by atoms with van der Waals surface area (Å²) < 4.78 is 1.25. The summed E-state index contributed by atoms with van der Waals surface area (Å²) in [5, 5.41) is 4.27. The van der Waals surface area contributed by atoms with Crippen molar-refractivity contribution in [3.63, 3.8) is 0 Å². The van der Waals surface area contributed by atoms with Gasteiger partial charge in [-0.3, -0.25) is 4.79 Å². The first-order valence-electron chi connectivity index (χ1n) is 19.0. The molecule has 0 fully saturated rings. The van der Waals surface area contributed by atoms with E-state index in [-0.39, 0.29) is 5.78 Å². The number of aryl methyl sites for hydroxylation is 2. The number of Topliss-reactive ketones (excluding diaryl/α,β-unsaturated/α-hetero) is 1. The van der Waals surface area contributed by atoms with Gasteiger partial charge in [0.15, 0.2) is 10.8 Å². The van der Waals surface area contributed by atoms with E-state index in [1.807, 2.05) is 11.3 Å². The number of unbranched alkanes of at least 4 members (excludes halogenated alkanes) is 7. The lowest BCUT2D eigenvalue weighted by atomic mass is 10.0. The van der Waals surface area contributed by atoms with Crippen LogP contribution in [-0.4, -0.2) is 18.8 Å². The van der Waals surface area contributed by atoms with Crippen LogP contribution in [-0.2, 0) is 0 Å². The SMILES string of the molecule is CCCCCCCCC(=O)c1nc2c(C)sc(-c3cc4c(s3)-c3sc(C)cc3[Si]4(CC(CC)CCCC)CC(CC)CCCC)c2s1. The maximum Gasteiger partial charge on any atom is 0.191 e. The highest BCUT2D eigenvalue weighted by Crippen LogP contribution is 2.50. The molecular formula is C40H59NOS4Si. The molecule has 2 nitrogen and oxygen atoms in total. The highest BCUT2D eigenvalue weighted by molar-refractivity contribution is 7.33. The van der Waals surface area contributed by atoms with E-state index in [0.717, 1.165) is 35.2 Å². The maximum atomic E-state index is 13.3. The van der Waals surface area contributed by atoms with Gasteiger partial charge in [0, 0.05) is 30.8 Å². The molecule has 7 heteroatoms. The minimum atomic E-state index is -1.97. The van der Waals surface area contributed by atoms with Gasteiger partial charge in [-0.05, 0) is 66.7 Å². The molecular weight excluding hydrogens is 667 g/mol. The van der Waals surface area contributed by atoms with E-state index in [1.54, 1.807) is 31.5 Å². The van der Waals surface area contributed by atoms with Crippen molar-refractivity contribution in [3.05, 3.63) is 26.9 Å². The molecule has 4 aromatic heterocycles. The quantitative estimate of drug-likeness (QED) is 0.0486. The molecule has 0 N–H and O–H groups in total. The monoisotopic (exact) mass is 725 g/mol. The number of aromatic nitrogens is 1. The lowest BCUT2D eigenvalue weighted by Gasteiger charge is -2.35. The molecule has 0 spiro atoms. The third-order valence-electron chi connectivity index (χ3n) is 10.8. The summed E-state index contributed by atoms with van der Waals surface area (Å²) in [5.74, 6) is 1.86. The van der Waals surface area contributed by atoms with Gasteiger partial charge in [-0.2, -0.15) is 0 Å². The summed E-state index contributed by atoms with van der Waals surface area (Å²) in [5.41, 5.74) is 1.07. The van der Waals surface area contributed by atoms with E-state index in [0.29, 0.717) is 6.42 Å². The fraction of sp³-hybridized carbons (Fsp3) is 0.650. The largest absolute Gasteiger partial charge is 0.292 e. The second-order valence-corrected chi connectivity index (χ2v) is 23.0. The lowest BCUT2D eigenvalue weighted by molar-refractivity contribution is 0.0979. The second kappa shape index (κ2) is 17.2. The molecule has 0 saturated heterocycles. The van der Waals surface area contributed by atoms with Crippen LogP contribution >= 0.6 is 45.3 Å². The van der Waals surface area contributed by atoms with E-state index in [2.05, 4.69) is 83.3 Å². The topological polar surface area (TPSA) is 30.0 Å². The number of carbonyl (C=O) groups excluding carboxylic acids is 1. The second-order valence-electron chi connectivity index (χ2n) is 14.4. The molecule has 47 heavy (non-hydrogen) atoms. The van der Waals surface area contributed by atoms with Gasteiger partial charge in [-0.25, -0.2) is 4.98 Å². The summed E-state index contributed by atoms with van der Waals surface area (Å²) in [6, 6.07) is 8.13. The molecule has 0 saturated carbocycles. The molecule has 0 bridgehead atoms. The van der Waals surface area contributed by atoms with E-state index in [1.165, 1.54) is 113 Å². The number of thiazole rings is 1. The van der Waals surface area contributed by atoms with Crippen LogP contribution < -0.4 is 10.4 Å². The summed E-state index contributed by atoms with van der Waals surface area (Å²) in [4.78, 5) is 27.0. The Morgan fingerprint density at radius 1 is 0.702 bits per heavy atom. The van der Waals surface area contributed by atoms with Crippen LogP contribution in [0.5, 0.6) is 0 Å². The summed E-state index contributed by atoms with van der Waals surface area (Å²) in [7, 11) is -1.97. The van der Waals surface area contributed by atoms with Gasteiger partial charge in [-0.1, -0.05) is 118 Å². The van der Waals surface area contributed by atoms with Crippen molar-refractivity contribution in [3.8, 4) is 19.5 Å². The summed E-state index contributed by atoms with van der Waals surface area (Å²) in [6.45, 7) is 16.4. The normalized spacial score (nSPS) is 17.0. The predicted octanol–water partition coefficient (Wildman–Crippen LogP) is 13.7. The first kappa shape index (κ1) is 37.1. The Labute approximate surface area is 302 Å². The number of rotatable bonds is 21. The Morgan fingerprint density at radius 3 is 1.94 bits per heavy atom. The average Bonchev–Trinajstić information content (AvgIpc) is 3.88. The van der Waals surface area contributed by atoms with Crippen LogP contribution in [0.15, 0.2) is 12.1 Å². The van der Waals surface area contributed by atoms with Gasteiger partial charge in [0.05, 0.1) is 15.1 Å². The Morgan fingerprint density at radius 2 is 1.30 bits per heavy atom. The van der Waals surface area contributed by atoms with Gasteiger partial charge in [-0.15, -0.1) is 45.3 Å². The van der Waals surface area contributed by atoms with Crippen molar-refractivity contribution in [1.29, 1.82) is 0 Å². The Kier molecular flexibility index (Phi) is 13.6. The number of ketones is 1. The fourth-order valence-electron chi connectivity index (χ4n) is 8.02. The minimum absolute atomic E-state index is 0.242. The zero-order valence-electron chi connectivity index (χ0n) is 30.3. The number of nitrogens with zero attached hydrogens (tertiary/aromatic N) is 1. The van der Waals surface area contributed by atoms with Crippen molar-refractivity contribution >= 4 is 79.8 Å². The van der Waals surface area contributed by atoms with Gasteiger partial charge < -0.3 is 0 Å². The minimum Gasteiger partial charge on any atom is -0.292 e. The first-order valence-corrected chi connectivity index (χ1v) is 24.7. The lowest BCUT2D eigenvalue weighted by Crippen LogP contribution is -2.56. The van der Waals surface area contributed by atoms with Gasteiger partial charge in [0.1, 0.15) is 8.07 Å². The molecule has 0 aromatic carbocycles. The number of hydrogen-bond acceptors (Lipinski definition) is 6. The standard InChI is InChI=1S/C40H59NOS4Si/c1-8-13-16-17-18-19-22-31(42)40-41-35-28(7)44-36(39(35)46-40)32-24-34-38(45-32)37-33(23-27(6)43-37)47(34,25-29(11-4)20-14-9-2)26-30(12-5)21-15-10-3/h23-24,29-30H,8-22,25-26H2,1-7H3. The number of fused-ring (bicyclic) bond motifs is 4. The van der Waals surface area contributed by atoms with Gasteiger partial charge in [0.25, 0.3) is 0 Å². The first-order chi connectivity index (χ1) is 22.8. The van der Waals surface area contributed by atoms with Crippen molar-refractivity contribution in [2.45, 2.75) is 157 Å². The number of thiophene rings is 3. The van der Waals surface area contributed by atoms with Crippen LogP contribution in [0.3, 0.4) is 0 Å². The molecule has 5 heterocycles. The molecule has 4 aromatic rings. The number of hydrogen-bond donors (Lipinski definition) is 0. The zero-order valence-corrected chi connectivity index (χ0v) is 34.6.